The zero-order chi connectivity index (χ0) is 14.7. The molecule has 2 aromatic carbocycles. The molecule has 21 heavy (non-hydrogen) atoms. The van der Waals surface area contributed by atoms with Gasteiger partial charge in [0.2, 0.25) is 0 Å². The monoisotopic (exact) mass is 285 g/mol. The van der Waals surface area contributed by atoms with Crippen LogP contribution in [0.3, 0.4) is 0 Å². The van der Waals surface area contributed by atoms with Gasteiger partial charge in [0.15, 0.2) is 0 Å². The summed E-state index contributed by atoms with van der Waals surface area (Å²) >= 11 is 0. The van der Waals surface area contributed by atoms with Gasteiger partial charge in [-0.25, -0.2) is 4.39 Å². The number of ether oxygens (including phenoxy) is 1. The fourth-order valence-corrected chi connectivity index (χ4v) is 2.83. The minimum absolute atomic E-state index is 0.177. The normalized spacial score (nSPS) is 14.8. The highest BCUT2D eigenvalue weighted by atomic mass is 19.1. The van der Waals surface area contributed by atoms with Crippen LogP contribution in [0.2, 0.25) is 0 Å². The van der Waals surface area contributed by atoms with Gasteiger partial charge in [-0.05, 0) is 54.3 Å². The third kappa shape index (κ3) is 3.42. The molecule has 0 amide bonds. The van der Waals surface area contributed by atoms with E-state index >= 15 is 0 Å². The molecule has 0 spiro atoms. The van der Waals surface area contributed by atoms with Gasteiger partial charge in [-0.2, -0.15) is 0 Å². The van der Waals surface area contributed by atoms with Crippen LogP contribution in [0, 0.1) is 5.82 Å². The predicted molar refractivity (Wildman–Crippen MR) is 81.8 cm³/mol. The molecular weight excluding hydrogens is 265 g/mol. The minimum atomic E-state index is -0.177. The topological polar surface area (TPSA) is 12.5 Å². The Morgan fingerprint density at radius 3 is 2.67 bits per heavy atom. The van der Waals surface area contributed by atoms with Crippen molar-refractivity contribution in [1.82, 2.24) is 4.90 Å². The molecular formula is C18H20FNO. The smallest absolute Gasteiger partial charge is 0.123 e. The predicted octanol–water partition coefficient (Wildman–Crippen LogP) is 3.78. The first-order valence-electron chi connectivity index (χ1n) is 7.46. The lowest BCUT2D eigenvalue weighted by atomic mass is 9.99. The van der Waals surface area contributed by atoms with Crippen LogP contribution in [0.1, 0.15) is 23.6 Å². The molecule has 0 atom stereocenters. The molecule has 0 aromatic heterocycles. The molecule has 0 saturated carbocycles. The highest BCUT2D eigenvalue weighted by Crippen LogP contribution is 2.25. The lowest BCUT2D eigenvalue weighted by molar-refractivity contribution is 0.244. The van der Waals surface area contributed by atoms with Gasteiger partial charge in [0.05, 0.1) is 6.61 Å². The summed E-state index contributed by atoms with van der Waals surface area (Å²) in [5.74, 6) is 0.768. The number of halogens is 1. The van der Waals surface area contributed by atoms with E-state index in [2.05, 4.69) is 23.1 Å². The van der Waals surface area contributed by atoms with Gasteiger partial charge < -0.3 is 4.74 Å². The number of hydrogen-bond acceptors (Lipinski definition) is 2. The molecule has 0 aliphatic carbocycles. The molecule has 0 fully saturated rings. The summed E-state index contributed by atoms with van der Waals surface area (Å²) in [5.41, 5.74) is 3.91. The Hall–Kier alpha value is -1.87. The van der Waals surface area contributed by atoms with Gasteiger partial charge in [-0.3, -0.25) is 4.90 Å². The number of fused-ring (bicyclic) bond motifs is 1. The summed E-state index contributed by atoms with van der Waals surface area (Å²) < 4.78 is 18.5. The average molecular weight is 285 g/mol. The maximum absolute atomic E-state index is 13.0. The standard InChI is InChI=1S/C18H20FNO/c1-2-21-18-8-5-15-9-10-20(13-16(15)11-18)12-14-3-6-17(19)7-4-14/h3-8,11H,2,9-10,12-13H2,1H3. The molecule has 1 aliphatic heterocycles. The molecule has 0 radical (unpaired) electrons. The van der Waals surface area contributed by atoms with E-state index in [1.807, 2.05) is 19.1 Å². The fraction of sp³-hybridized carbons (Fsp3) is 0.333. The van der Waals surface area contributed by atoms with Gasteiger partial charge in [-0.1, -0.05) is 18.2 Å². The first-order chi connectivity index (χ1) is 10.2. The third-order valence-electron chi connectivity index (χ3n) is 3.90. The average Bonchev–Trinajstić information content (AvgIpc) is 2.50. The van der Waals surface area contributed by atoms with Gasteiger partial charge >= 0.3 is 0 Å². The van der Waals surface area contributed by atoms with Gasteiger partial charge in [-0.15, -0.1) is 0 Å². The van der Waals surface area contributed by atoms with E-state index in [9.17, 15) is 4.39 Å². The quantitative estimate of drug-likeness (QED) is 0.847. The maximum Gasteiger partial charge on any atom is 0.123 e. The molecule has 1 aliphatic rings. The highest BCUT2D eigenvalue weighted by Gasteiger charge is 2.17. The Balaban J connectivity index is 1.71. The minimum Gasteiger partial charge on any atom is -0.494 e. The number of benzene rings is 2. The lowest BCUT2D eigenvalue weighted by Crippen LogP contribution is -2.30. The zero-order valence-corrected chi connectivity index (χ0v) is 12.3. The largest absolute Gasteiger partial charge is 0.494 e. The first-order valence-corrected chi connectivity index (χ1v) is 7.46. The summed E-state index contributed by atoms with van der Waals surface area (Å²) in [4.78, 5) is 2.39. The Labute approximate surface area is 125 Å². The van der Waals surface area contributed by atoms with E-state index in [-0.39, 0.29) is 5.82 Å². The molecule has 3 heteroatoms. The first kappa shape index (κ1) is 14.1. The Morgan fingerprint density at radius 2 is 1.90 bits per heavy atom. The van der Waals surface area contributed by atoms with Crippen LogP contribution in [0.15, 0.2) is 42.5 Å². The molecule has 1 heterocycles. The van der Waals surface area contributed by atoms with Crippen LogP contribution in [0.5, 0.6) is 5.75 Å². The maximum atomic E-state index is 13.0. The van der Waals surface area contributed by atoms with Crippen molar-refractivity contribution in [1.29, 1.82) is 0 Å². The Morgan fingerprint density at radius 1 is 1.10 bits per heavy atom. The van der Waals surface area contributed by atoms with E-state index in [1.165, 1.54) is 23.3 Å². The molecule has 0 saturated heterocycles. The summed E-state index contributed by atoms with van der Waals surface area (Å²) in [6.07, 6.45) is 1.06. The molecule has 0 unspecified atom stereocenters. The van der Waals surface area contributed by atoms with Crippen LogP contribution < -0.4 is 4.74 Å². The lowest BCUT2D eigenvalue weighted by Gasteiger charge is -2.29. The van der Waals surface area contributed by atoms with Crippen molar-refractivity contribution in [3.63, 3.8) is 0 Å². The van der Waals surface area contributed by atoms with Gasteiger partial charge in [0.25, 0.3) is 0 Å². The zero-order valence-electron chi connectivity index (χ0n) is 12.3. The van der Waals surface area contributed by atoms with Crippen LogP contribution in [-0.2, 0) is 19.5 Å². The molecule has 0 bridgehead atoms. The molecule has 3 rings (SSSR count). The second kappa shape index (κ2) is 6.27. The number of rotatable bonds is 4. The summed E-state index contributed by atoms with van der Waals surface area (Å²) in [7, 11) is 0. The summed E-state index contributed by atoms with van der Waals surface area (Å²) in [6, 6.07) is 13.2. The molecule has 2 aromatic rings. The van der Waals surface area contributed by atoms with Crippen LogP contribution in [-0.4, -0.2) is 18.1 Å². The van der Waals surface area contributed by atoms with Crippen molar-refractivity contribution in [3.8, 4) is 5.75 Å². The van der Waals surface area contributed by atoms with E-state index < -0.39 is 0 Å². The highest BCUT2D eigenvalue weighted by molar-refractivity contribution is 5.37. The van der Waals surface area contributed by atoms with Crippen LogP contribution in [0.4, 0.5) is 4.39 Å². The van der Waals surface area contributed by atoms with E-state index in [1.54, 1.807) is 0 Å². The van der Waals surface area contributed by atoms with Crippen molar-refractivity contribution in [2.24, 2.45) is 0 Å². The van der Waals surface area contributed by atoms with Crippen molar-refractivity contribution in [2.45, 2.75) is 26.4 Å². The van der Waals surface area contributed by atoms with Gasteiger partial charge in [0.1, 0.15) is 11.6 Å². The second-order valence-electron chi connectivity index (χ2n) is 5.45. The van der Waals surface area contributed by atoms with Crippen LogP contribution >= 0.6 is 0 Å². The van der Waals surface area contributed by atoms with Gasteiger partial charge in [0, 0.05) is 19.6 Å². The van der Waals surface area contributed by atoms with Crippen molar-refractivity contribution in [3.05, 3.63) is 65.0 Å². The van der Waals surface area contributed by atoms with E-state index in [0.29, 0.717) is 6.61 Å². The Kier molecular flexibility index (Phi) is 4.20. The SMILES string of the molecule is CCOc1ccc2c(c1)CN(Cc1ccc(F)cc1)CC2. The Bertz CT molecular complexity index is 609. The number of hydrogen-bond donors (Lipinski definition) is 0. The van der Waals surface area contributed by atoms with Crippen molar-refractivity contribution >= 4 is 0 Å². The van der Waals surface area contributed by atoms with Crippen molar-refractivity contribution in [2.75, 3.05) is 13.2 Å². The fourth-order valence-electron chi connectivity index (χ4n) is 2.83. The van der Waals surface area contributed by atoms with E-state index in [0.717, 1.165) is 37.4 Å². The van der Waals surface area contributed by atoms with Crippen LogP contribution in [0.25, 0.3) is 0 Å². The summed E-state index contributed by atoms with van der Waals surface area (Å²) in [5, 5.41) is 0. The summed E-state index contributed by atoms with van der Waals surface area (Å²) in [6.45, 7) is 5.52. The molecule has 110 valence electrons. The molecule has 2 nitrogen and oxygen atoms in total. The number of nitrogens with zero attached hydrogens (tertiary/aromatic N) is 1. The molecule has 0 N–H and O–H groups in total. The second-order valence-corrected chi connectivity index (χ2v) is 5.45. The van der Waals surface area contributed by atoms with E-state index in [4.69, 9.17) is 4.74 Å². The van der Waals surface area contributed by atoms with Crippen molar-refractivity contribution < 1.29 is 9.13 Å². The third-order valence-corrected chi connectivity index (χ3v) is 3.90.